The molecule has 0 spiro atoms. The molecule has 0 bridgehead atoms. The molecule has 0 N–H and O–H groups in total. The number of rotatable bonds is 14. The van der Waals surface area contributed by atoms with Crippen LogP contribution >= 0.6 is 34.4 Å². The van der Waals surface area contributed by atoms with Crippen molar-refractivity contribution < 1.29 is 3.07 Å². The van der Waals surface area contributed by atoms with Gasteiger partial charge in [-0.05, 0) is 0 Å². The molecular formula is C21H35IOSSn. The number of hydrogen-bond donors (Lipinski definition) is 0. The third-order valence-electron chi connectivity index (χ3n) is 4.55. The molecular weight excluding hydrogens is 546 g/mol. The Labute approximate surface area is 178 Å². The monoisotopic (exact) mass is 582 g/mol. The van der Waals surface area contributed by atoms with Gasteiger partial charge < -0.3 is 0 Å². The molecule has 0 aliphatic rings. The molecule has 1 nitrogen and oxygen atoms in total. The normalized spacial score (nSPS) is 12.6. The third kappa shape index (κ3) is 10.6. The molecule has 0 radical (unpaired) electrons. The molecule has 0 heterocycles. The summed E-state index contributed by atoms with van der Waals surface area (Å²) in [6.07, 6.45) is 10.3. The number of halogens is 1. The van der Waals surface area contributed by atoms with Gasteiger partial charge in [0.1, 0.15) is 0 Å². The summed E-state index contributed by atoms with van der Waals surface area (Å²) in [5, 5.41) is 0. The summed E-state index contributed by atoms with van der Waals surface area (Å²) in [4.78, 5) is 1.31. The van der Waals surface area contributed by atoms with E-state index in [0.29, 0.717) is 0 Å². The second-order valence-corrected chi connectivity index (χ2v) is 21.6. The quantitative estimate of drug-likeness (QED) is 0.124. The van der Waals surface area contributed by atoms with E-state index in [2.05, 4.69) is 79.8 Å². The Bertz CT molecular complexity index is 456. The van der Waals surface area contributed by atoms with Gasteiger partial charge in [-0.25, -0.2) is 0 Å². The number of thioether (sulfide) groups is 1. The van der Waals surface area contributed by atoms with Crippen molar-refractivity contribution in [1.82, 2.24) is 0 Å². The van der Waals surface area contributed by atoms with Crippen molar-refractivity contribution in [2.24, 2.45) is 0 Å². The van der Waals surface area contributed by atoms with Crippen LogP contribution in [0.4, 0.5) is 0 Å². The molecule has 0 fully saturated rings. The molecule has 0 saturated carbocycles. The minimum absolute atomic E-state index is 0.825. The Morgan fingerprint density at radius 1 is 0.960 bits per heavy atom. The Balaban J connectivity index is 2.65. The predicted molar refractivity (Wildman–Crippen MR) is 125 cm³/mol. The maximum absolute atomic E-state index is 6.76. The van der Waals surface area contributed by atoms with E-state index in [1.807, 2.05) is 11.8 Å². The SMILES string of the molecule is CCC[CH2][Sn]([CH2]CCC)([CH2]CCC)[O]C/C=C(\I)Sc1ccccc1. The van der Waals surface area contributed by atoms with Gasteiger partial charge in [-0.1, -0.05) is 0 Å². The van der Waals surface area contributed by atoms with E-state index in [9.17, 15) is 0 Å². The van der Waals surface area contributed by atoms with Crippen LogP contribution in [0, 0.1) is 0 Å². The van der Waals surface area contributed by atoms with Crippen LogP contribution in [0.15, 0.2) is 44.2 Å². The van der Waals surface area contributed by atoms with Crippen LogP contribution in [0.5, 0.6) is 0 Å². The first-order valence-electron chi connectivity index (χ1n) is 9.88. The van der Waals surface area contributed by atoms with Gasteiger partial charge in [0, 0.05) is 0 Å². The summed E-state index contributed by atoms with van der Waals surface area (Å²) < 4.78 is 12.3. The van der Waals surface area contributed by atoms with Crippen molar-refractivity contribution in [2.45, 2.75) is 77.5 Å². The molecule has 0 aliphatic heterocycles. The summed E-state index contributed by atoms with van der Waals surface area (Å²) in [6.45, 7) is 7.77. The second kappa shape index (κ2) is 14.8. The Kier molecular flexibility index (Phi) is 14.1. The van der Waals surface area contributed by atoms with Crippen LogP contribution in [0.1, 0.15) is 59.3 Å². The standard InChI is InChI=1S/C9H8IOS.3C4H9.Sn/c10-9(6-7-11)12-8-4-2-1-3-5-8;3*1-3-4-2;/h1-6H,7H2;3*1,3-4H2,2H3;/q-1;;;;+1/b9-6+;;;;. The third-order valence-corrected chi connectivity index (χ3v) is 19.6. The van der Waals surface area contributed by atoms with Gasteiger partial charge in [0.05, 0.1) is 0 Å². The molecule has 0 unspecified atom stereocenters. The molecule has 1 aromatic carbocycles. The zero-order valence-electron chi connectivity index (χ0n) is 16.2. The number of hydrogen-bond acceptors (Lipinski definition) is 2. The van der Waals surface area contributed by atoms with Crippen LogP contribution in [-0.4, -0.2) is 25.4 Å². The van der Waals surface area contributed by atoms with Crippen molar-refractivity contribution in [2.75, 3.05) is 6.61 Å². The van der Waals surface area contributed by atoms with Gasteiger partial charge in [0.2, 0.25) is 0 Å². The molecule has 4 heteroatoms. The van der Waals surface area contributed by atoms with E-state index in [4.69, 9.17) is 3.07 Å². The van der Waals surface area contributed by atoms with E-state index in [0.717, 1.165) is 6.61 Å². The molecule has 25 heavy (non-hydrogen) atoms. The van der Waals surface area contributed by atoms with E-state index < -0.39 is 18.8 Å². The molecule has 1 aromatic rings. The number of benzene rings is 1. The summed E-state index contributed by atoms with van der Waals surface area (Å²) in [7, 11) is 0. The average molecular weight is 581 g/mol. The van der Waals surface area contributed by atoms with Crippen molar-refractivity contribution in [3.63, 3.8) is 0 Å². The Morgan fingerprint density at radius 3 is 1.96 bits per heavy atom. The second-order valence-electron chi connectivity index (χ2n) is 6.73. The topological polar surface area (TPSA) is 9.23 Å². The predicted octanol–water partition coefficient (Wildman–Crippen LogP) is 8.42. The molecule has 142 valence electrons. The van der Waals surface area contributed by atoms with Crippen LogP contribution in [0.2, 0.25) is 13.3 Å². The first-order chi connectivity index (χ1) is 12.2. The van der Waals surface area contributed by atoms with Crippen LogP contribution in [0.25, 0.3) is 0 Å². The summed E-state index contributed by atoms with van der Waals surface area (Å²) in [5.74, 6) is 0. The van der Waals surface area contributed by atoms with Gasteiger partial charge in [-0.15, -0.1) is 0 Å². The minimum atomic E-state index is -2.43. The van der Waals surface area contributed by atoms with Crippen LogP contribution in [-0.2, 0) is 3.07 Å². The zero-order valence-corrected chi connectivity index (χ0v) is 22.1. The van der Waals surface area contributed by atoms with Gasteiger partial charge in [0.25, 0.3) is 0 Å². The van der Waals surface area contributed by atoms with Crippen molar-refractivity contribution in [1.29, 1.82) is 0 Å². The van der Waals surface area contributed by atoms with Crippen molar-refractivity contribution >= 4 is 53.1 Å². The molecule has 0 saturated heterocycles. The van der Waals surface area contributed by atoms with E-state index in [-0.39, 0.29) is 0 Å². The van der Waals surface area contributed by atoms with E-state index in [1.165, 1.54) is 59.6 Å². The average Bonchev–Trinajstić information content (AvgIpc) is 2.63. The molecule has 1 rings (SSSR count). The van der Waals surface area contributed by atoms with E-state index in [1.54, 1.807) is 0 Å². The zero-order chi connectivity index (χ0) is 18.4. The van der Waals surface area contributed by atoms with Crippen LogP contribution < -0.4 is 0 Å². The molecule has 0 aromatic heterocycles. The number of unbranched alkanes of at least 4 members (excludes halogenated alkanes) is 3. The van der Waals surface area contributed by atoms with Crippen LogP contribution in [0.3, 0.4) is 0 Å². The maximum atomic E-state index is 6.76. The van der Waals surface area contributed by atoms with Gasteiger partial charge in [-0.3, -0.25) is 0 Å². The first-order valence-corrected chi connectivity index (χ1v) is 19.0. The summed E-state index contributed by atoms with van der Waals surface area (Å²) in [6, 6.07) is 10.6. The molecule has 0 atom stereocenters. The summed E-state index contributed by atoms with van der Waals surface area (Å²) in [5.41, 5.74) is 0. The first kappa shape index (κ1) is 23.8. The molecule has 0 aliphatic carbocycles. The fourth-order valence-electron chi connectivity index (χ4n) is 3.02. The van der Waals surface area contributed by atoms with Gasteiger partial charge in [0.15, 0.2) is 0 Å². The fraction of sp³-hybridized carbons (Fsp3) is 0.619. The fourth-order valence-corrected chi connectivity index (χ4v) is 17.8. The van der Waals surface area contributed by atoms with Crippen molar-refractivity contribution in [3.05, 3.63) is 39.3 Å². The molecule has 0 amide bonds. The van der Waals surface area contributed by atoms with Gasteiger partial charge >= 0.3 is 180 Å². The summed E-state index contributed by atoms with van der Waals surface area (Å²) >= 11 is 1.86. The van der Waals surface area contributed by atoms with Crippen molar-refractivity contribution in [3.8, 4) is 0 Å². The Morgan fingerprint density at radius 2 is 1.48 bits per heavy atom. The van der Waals surface area contributed by atoms with E-state index >= 15 is 0 Å². The van der Waals surface area contributed by atoms with Gasteiger partial charge in [-0.2, -0.15) is 0 Å². The Hall–Kier alpha value is 0.799.